The number of rotatable bonds is 4. The summed E-state index contributed by atoms with van der Waals surface area (Å²) in [4.78, 5) is 10.3. The van der Waals surface area contributed by atoms with Crippen LogP contribution in [0.2, 0.25) is 0 Å². The van der Waals surface area contributed by atoms with Gasteiger partial charge in [-0.3, -0.25) is 4.79 Å². The fraction of sp³-hybridized carbons (Fsp3) is 0.357. The van der Waals surface area contributed by atoms with Gasteiger partial charge in [0.25, 0.3) is 0 Å². The lowest BCUT2D eigenvalue weighted by atomic mass is 10.0. The van der Waals surface area contributed by atoms with Crippen molar-refractivity contribution in [1.82, 2.24) is 9.88 Å². The highest BCUT2D eigenvalue weighted by Gasteiger charge is 2.09. The Bertz CT molecular complexity index is 555. The lowest BCUT2D eigenvalue weighted by Gasteiger charge is -2.04. The van der Waals surface area contributed by atoms with Crippen molar-refractivity contribution in [2.45, 2.75) is 20.3 Å². The molecule has 3 nitrogen and oxygen atoms in total. The summed E-state index contributed by atoms with van der Waals surface area (Å²) in [6.45, 7) is 4.95. The topological polar surface area (TPSA) is 34.0 Å². The van der Waals surface area contributed by atoms with E-state index in [4.69, 9.17) is 0 Å². The fourth-order valence-corrected chi connectivity index (χ4v) is 2.46. The van der Waals surface area contributed by atoms with E-state index in [1.165, 1.54) is 27.6 Å². The number of fused-ring (bicyclic) bond motifs is 1. The summed E-state index contributed by atoms with van der Waals surface area (Å²) in [7, 11) is 2.07. The van der Waals surface area contributed by atoms with E-state index in [-0.39, 0.29) is 0 Å². The predicted molar refractivity (Wildman–Crippen MR) is 70.2 cm³/mol. The molecule has 2 aromatic rings. The maximum absolute atomic E-state index is 10.3. The van der Waals surface area contributed by atoms with Crippen LogP contribution in [0.1, 0.15) is 16.7 Å². The molecule has 2 rings (SSSR count). The number of hydrogen-bond donors (Lipinski definition) is 1. The van der Waals surface area contributed by atoms with E-state index < -0.39 is 0 Å². The molecule has 0 aliphatic heterocycles. The molecule has 0 fully saturated rings. The quantitative estimate of drug-likeness (QED) is 0.633. The highest BCUT2D eigenvalue weighted by molar-refractivity contribution is 5.87. The van der Waals surface area contributed by atoms with Crippen LogP contribution in [0.25, 0.3) is 10.9 Å². The number of amides is 1. The summed E-state index contributed by atoms with van der Waals surface area (Å²) >= 11 is 0. The number of nitrogens with zero attached hydrogens (tertiary/aromatic N) is 1. The van der Waals surface area contributed by atoms with Crippen LogP contribution in [0.15, 0.2) is 18.3 Å². The second-order valence-corrected chi connectivity index (χ2v) is 4.56. The first-order valence-corrected chi connectivity index (χ1v) is 5.85. The molecule has 1 amide bonds. The van der Waals surface area contributed by atoms with Crippen LogP contribution in [0.5, 0.6) is 0 Å². The Hall–Kier alpha value is -1.77. The second-order valence-electron chi connectivity index (χ2n) is 4.56. The van der Waals surface area contributed by atoms with Crippen molar-refractivity contribution in [3.8, 4) is 0 Å². The van der Waals surface area contributed by atoms with E-state index >= 15 is 0 Å². The van der Waals surface area contributed by atoms with E-state index in [0.717, 1.165) is 12.8 Å². The summed E-state index contributed by atoms with van der Waals surface area (Å²) in [6, 6.07) is 4.41. The van der Waals surface area contributed by atoms with Gasteiger partial charge in [-0.2, -0.15) is 0 Å². The van der Waals surface area contributed by atoms with E-state index in [1.54, 1.807) is 0 Å². The van der Waals surface area contributed by atoms with Crippen molar-refractivity contribution in [3.05, 3.63) is 35.0 Å². The fourth-order valence-electron chi connectivity index (χ4n) is 2.46. The van der Waals surface area contributed by atoms with Crippen LogP contribution < -0.4 is 5.32 Å². The predicted octanol–water partition coefficient (Wildman–Crippen LogP) is 2.08. The molecule has 0 saturated heterocycles. The lowest BCUT2D eigenvalue weighted by Crippen LogP contribution is -2.14. The minimum absolute atomic E-state index is 0.690. The maximum Gasteiger partial charge on any atom is 0.207 e. The van der Waals surface area contributed by atoms with Gasteiger partial charge in [0.2, 0.25) is 6.41 Å². The number of benzene rings is 1. The summed E-state index contributed by atoms with van der Waals surface area (Å²) < 4.78 is 2.16. The Balaban J connectivity index is 2.46. The molecular formula is C14H18N2O. The van der Waals surface area contributed by atoms with Crippen molar-refractivity contribution >= 4 is 17.3 Å². The number of carbonyl (C=O) groups excluding carboxylic acids is 1. The normalized spacial score (nSPS) is 10.8. The van der Waals surface area contributed by atoms with Gasteiger partial charge in [-0.15, -0.1) is 0 Å². The van der Waals surface area contributed by atoms with Gasteiger partial charge in [0.15, 0.2) is 0 Å². The van der Waals surface area contributed by atoms with Crippen LogP contribution >= 0.6 is 0 Å². The van der Waals surface area contributed by atoms with Gasteiger partial charge in [-0.25, -0.2) is 0 Å². The number of aromatic nitrogens is 1. The molecule has 17 heavy (non-hydrogen) atoms. The summed E-state index contributed by atoms with van der Waals surface area (Å²) in [6.07, 6.45) is 3.78. The zero-order valence-electron chi connectivity index (χ0n) is 10.6. The molecule has 0 spiro atoms. The van der Waals surface area contributed by atoms with E-state index in [0.29, 0.717) is 6.54 Å². The van der Waals surface area contributed by atoms with Gasteiger partial charge in [0, 0.05) is 30.7 Å². The van der Waals surface area contributed by atoms with E-state index in [1.807, 2.05) is 0 Å². The summed E-state index contributed by atoms with van der Waals surface area (Å²) in [5.41, 5.74) is 5.16. The van der Waals surface area contributed by atoms with E-state index in [2.05, 4.69) is 49.1 Å². The molecule has 0 aliphatic carbocycles. The Kier molecular flexibility index (Phi) is 3.18. The van der Waals surface area contributed by atoms with Crippen LogP contribution in [-0.2, 0) is 18.3 Å². The molecule has 1 aromatic carbocycles. The Morgan fingerprint density at radius 3 is 2.82 bits per heavy atom. The number of aryl methyl sites for hydroxylation is 3. The standard InChI is InChI=1S/C14H18N2O/c1-10-6-11(2)14-12(4-5-15-9-17)8-16(3)13(14)7-10/h6-9H,4-5H2,1-3H3,(H,15,17). The highest BCUT2D eigenvalue weighted by atomic mass is 16.1. The smallest absolute Gasteiger partial charge is 0.207 e. The van der Waals surface area contributed by atoms with Crippen LogP contribution in [-0.4, -0.2) is 17.5 Å². The highest BCUT2D eigenvalue weighted by Crippen LogP contribution is 2.26. The van der Waals surface area contributed by atoms with Crippen molar-refractivity contribution < 1.29 is 4.79 Å². The third kappa shape index (κ3) is 2.18. The molecule has 90 valence electrons. The monoisotopic (exact) mass is 230 g/mol. The average molecular weight is 230 g/mol. The molecule has 3 heteroatoms. The van der Waals surface area contributed by atoms with Crippen molar-refractivity contribution in [1.29, 1.82) is 0 Å². The van der Waals surface area contributed by atoms with Gasteiger partial charge in [0.1, 0.15) is 0 Å². The number of nitrogens with one attached hydrogen (secondary N) is 1. The molecule has 0 aliphatic rings. The first kappa shape index (κ1) is 11.7. The number of hydrogen-bond acceptors (Lipinski definition) is 1. The number of carbonyl (C=O) groups is 1. The molecule has 0 unspecified atom stereocenters. The first-order valence-electron chi connectivity index (χ1n) is 5.85. The van der Waals surface area contributed by atoms with Crippen molar-refractivity contribution in [2.24, 2.45) is 7.05 Å². The molecule has 0 atom stereocenters. The third-order valence-corrected chi connectivity index (χ3v) is 3.13. The van der Waals surface area contributed by atoms with Gasteiger partial charge < -0.3 is 9.88 Å². The summed E-state index contributed by atoms with van der Waals surface area (Å²) in [5.74, 6) is 0. The molecule has 0 bridgehead atoms. The summed E-state index contributed by atoms with van der Waals surface area (Å²) in [5, 5.41) is 4.04. The SMILES string of the molecule is Cc1cc(C)c2c(CCNC=O)cn(C)c2c1. The average Bonchev–Trinajstić information content (AvgIpc) is 2.56. The van der Waals surface area contributed by atoms with Gasteiger partial charge in [-0.1, -0.05) is 6.07 Å². The lowest BCUT2D eigenvalue weighted by molar-refractivity contribution is -0.109. The van der Waals surface area contributed by atoms with E-state index in [9.17, 15) is 4.79 Å². The van der Waals surface area contributed by atoms with Crippen LogP contribution in [0.4, 0.5) is 0 Å². The maximum atomic E-state index is 10.3. The minimum Gasteiger partial charge on any atom is -0.358 e. The van der Waals surface area contributed by atoms with Crippen molar-refractivity contribution in [3.63, 3.8) is 0 Å². The van der Waals surface area contributed by atoms with Gasteiger partial charge >= 0.3 is 0 Å². The molecule has 1 heterocycles. The Morgan fingerprint density at radius 2 is 2.12 bits per heavy atom. The zero-order valence-corrected chi connectivity index (χ0v) is 10.6. The molecule has 0 saturated carbocycles. The molecule has 0 radical (unpaired) electrons. The Labute approximate surface area is 101 Å². The molecule has 1 aromatic heterocycles. The zero-order chi connectivity index (χ0) is 12.4. The first-order chi connectivity index (χ1) is 8.13. The van der Waals surface area contributed by atoms with Crippen LogP contribution in [0, 0.1) is 13.8 Å². The third-order valence-electron chi connectivity index (χ3n) is 3.13. The minimum atomic E-state index is 0.690. The molecule has 1 N–H and O–H groups in total. The van der Waals surface area contributed by atoms with Crippen LogP contribution in [0.3, 0.4) is 0 Å². The Morgan fingerprint density at radius 1 is 1.35 bits per heavy atom. The largest absolute Gasteiger partial charge is 0.358 e. The van der Waals surface area contributed by atoms with Gasteiger partial charge in [0.05, 0.1) is 0 Å². The second kappa shape index (κ2) is 4.62. The molecular weight excluding hydrogens is 212 g/mol. The van der Waals surface area contributed by atoms with Crippen molar-refractivity contribution in [2.75, 3.05) is 6.54 Å². The van der Waals surface area contributed by atoms with Gasteiger partial charge in [-0.05, 0) is 43.0 Å².